The quantitative estimate of drug-likeness (QED) is 0.402. The number of hydrogen-bond donors (Lipinski definition) is 1. The van der Waals surface area contributed by atoms with Crippen LogP contribution in [0.25, 0.3) is 0 Å². The van der Waals surface area contributed by atoms with Crippen LogP contribution in [0, 0.1) is 5.92 Å². The largest absolute Gasteiger partial charge is 0.493 e. The molecule has 1 fully saturated rings. The molecule has 1 aliphatic rings. The third-order valence-electron chi connectivity index (χ3n) is 4.11. The zero-order chi connectivity index (χ0) is 20.8. The van der Waals surface area contributed by atoms with Crippen LogP contribution in [0.5, 0.6) is 17.2 Å². The van der Waals surface area contributed by atoms with Gasteiger partial charge < -0.3 is 29.0 Å². The Morgan fingerprint density at radius 3 is 2.21 bits per heavy atom. The summed E-state index contributed by atoms with van der Waals surface area (Å²) in [5, 5.41) is 2.50. The van der Waals surface area contributed by atoms with E-state index in [-0.39, 0.29) is 18.1 Å². The molecule has 9 heteroatoms. The van der Waals surface area contributed by atoms with Crippen molar-refractivity contribution in [1.29, 1.82) is 0 Å². The number of carbonyl (C=O) groups excluding carboxylic acids is 3. The van der Waals surface area contributed by atoms with E-state index in [0.717, 1.165) is 0 Å². The summed E-state index contributed by atoms with van der Waals surface area (Å²) in [5.74, 6) is -1.44. The fourth-order valence-electron chi connectivity index (χ4n) is 2.77. The van der Waals surface area contributed by atoms with Crippen molar-refractivity contribution in [3.8, 4) is 17.2 Å². The molecule has 0 bridgehead atoms. The molecule has 0 radical (unpaired) electrons. The summed E-state index contributed by atoms with van der Waals surface area (Å²) in [7, 11) is 4.31. The van der Waals surface area contributed by atoms with E-state index >= 15 is 0 Å². The molecule has 2 rings (SSSR count). The smallest absolute Gasteiger partial charge is 0.338 e. The van der Waals surface area contributed by atoms with Gasteiger partial charge in [0, 0.05) is 11.8 Å². The fourth-order valence-corrected chi connectivity index (χ4v) is 2.77. The molecule has 0 aromatic heterocycles. The number of rotatable bonds is 8. The molecule has 0 saturated carbocycles. The second-order valence-corrected chi connectivity index (χ2v) is 5.84. The van der Waals surface area contributed by atoms with Crippen LogP contribution in [-0.4, -0.2) is 51.9 Å². The molecule has 1 aromatic carbocycles. The molecule has 0 aliphatic carbocycles. The molecule has 28 heavy (non-hydrogen) atoms. The highest BCUT2D eigenvalue weighted by atomic mass is 16.5. The normalized spacial score (nSPS) is 17.8. The summed E-state index contributed by atoms with van der Waals surface area (Å²) in [5.41, 5.74) is 0.505. The number of methoxy groups -OCH3 is 3. The first-order valence-electron chi connectivity index (χ1n) is 8.56. The first-order chi connectivity index (χ1) is 13.4. The first kappa shape index (κ1) is 21.1. The van der Waals surface area contributed by atoms with Gasteiger partial charge in [0.2, 0.25) is 11.7 Å². The maximum absolute atomic E-state index is 12.6. The third-order valence-corrected chi connectivity index (χ3v) is 4.11. The lowest BCUT2D eigenvalue weighted by molar-refractivity contribution is -0.137. The number of benzene rings is 1. The van der Waals surface area contributed by atoms with Gasteiger partial charge in [-0.2, -0.15) is 0 Å². The summed E-state index contributed by atoms with van der Waals surface area (Å²) in [4.78, 5) is 36.0. The van der Waals surface area contributed by atoms with Crippen LogP contribution in [0.2, 0.25) is 0 Å². The molecule has 0 spiro atoms. The van der Waals surface area contributed by atoms with Gasteiger partial charge in [-0.3, -0.25) is 4.79 Å². The van der Waals surface area contributed by atoms with Gasteiger partial charge >= 0.3 is 11.9 Å². The second kappa shape index (κ2) is 9.12. The molecule has 1 amide bonds. The molecule has 1 aliphatic heterocycles. The van der Waals surface area contributed by atoms with Crippen LogP contribution < -0.4 is 19.5 Å². The molecule has 152 valence electrons. The Balaban J connectivity index is 2.18. The van der Waals surface area contributed by atoms with Gasteiger partial charge in [0.05, 0.1) is 33.5 Å². The van der Waals surface area contributed by atoms with Crippen LogP contribution in [0.15, 0.2) is 23.9 Å². The van der Waals surface area contributed by atoms with Gasteiger partial charge in [0.25, 0.3) is 0 Å². The lowest BCUT2D eigenvalue weighted by atomic mass is 9.90. The third kappa shape index (κ3) is 4.36. The zero-order valence-electron chi connectivity index (χ0n) is 16.4. The van der Waals surface area contributed by atoms with Crippen molar-refractivity contribution in [3.05, 3.63) is 29.5 Å². The van der Waals surface area contributed by atoms with Gasteiger partial charge in [0.1, 0.15) is 12.0 Å². The van der Waals surface area contributed by atoms with Crippen molar-refractivity contribution < 1.29 is 38.1 Å². The van der Waals surface area contributed by atoms with Crippen LogP contribution in [0.3, 0.4) is 0 Å². The van der Waals surface area contributed by atoms with E-state index in [1.54, 1.807) is 13.8 Å². The minimum absolute atomic E-state index is 0.164. The van der Waals surface area contributed by atoms with Crippen molar-refractivity contribution in [1.82, 2.24) is 5.32 Å². The standard InChI is InChI=1S/C19H23NO8/c1-6-27-15(21)9-12-16(18(22)20-12)10(2)28-19(23)11-7-13(24-3)17(26-5)14(8-11)25-4/h7-10,16H,6H2,1-5H3,(H,20,22)/b12-9-/t10-,16-/m1/s1. The van der Waals surface area contributed by atoms with Crippen LogP contribution >= 0.6 is 0 Å². The van der Waals surface area contributed by atoms with E-state index in [2.05, 4.69) is 5.32 Å². The van der Waals surface area contributed by atoms with Gasteiger partial charge in [-0.1, -0.05) is 0 Å². The lowest BCUT2D eigenvalue weighted by Crippen LogP contribution is -2.52. The van der Waals surface area contributed by atoms with E-state index < -0.39 is 24.0 Å². The predicted molar refractivity (Wildman–Crippen MR) is 97.3 cm³/mol. The van der Waals surface area contributed by atoms with Crippen molar-refractivity contribution in [2.24, 2.45) is 5.92 Å². The molecule has 1 aromatic rings. The monoisotopic (exact) mass is 393 g/mol. The molecular weight excluding hydrogens is 370 g/mol. The van der Waals surface area contributed by atoms with E-state index in [1.165, 1.54) is 39.5 Å². The first-order valence-corrected chi connectivity index (χ1v) is 8.56. The van der Waals surface area contributed by atoms with Gasteiger partial charge in [-0.05, 0) is 26.0 Å². The molecular formula is C19H23NO8. The minimum atomic E-state index is -0.805. The Bertz CT molecular complexity index is 776. The summed E-state index contributed by atoms with van der Waals surface area (Å²) in [6, 6.07) is 2.90. The number of esters is 2. The molecule has 1 N–H and O–H groups in total. The maximum atomic E-state index is 12.6. The second-order valence-electron chi connectivity index (χ2n) is 5.84. The summed E-state index contributed by atoms with van der Waals surface area (Å²) in [6.07, 6.45) is 0.375. The van der Waals surface area contributed by atoms with Crippen LogP contribution in [0.1, 0.15) is 24.2 Å². The van der Waals surface area contributed by atoms with E-state index in [1.807, 2.05) is 0 Å². The van der Waals surface area contributed by atoms with Crippen molar-refractivity contribution in [2.75, 3.05) is 27.9 Å². The average Bonchev–Trinajstić information content (AvgIpc) is 2.65. The topological polar surface area (TPSA) is 109 Å². The van der Waals surface area contributed by atoms with Gasteiger partial charge in [-0.25, -0.2) is 9.59 Å². The number of amides is 1. The molecule has 9 nitrogen and oxygen atoms in total. The van der Waals surface area contributed by atoms with E-state index in [9.17, 15) is 14.4 Å². The number of hydrogen-bond acceptors (Lipinski definition) is 8. The zero-order valence-corrected chi connectivity index (χ0v) is 16.4. The Morgan fingerprint density at radius 2 is 1.75 bits per heavy atom. The lowest BCUT2D eigenvalue weighted by Gasteiger charge is -2.33. The fraction of sp³-hybridized carbons (Fsp3) is 0.421. The number of β-lactam (4-membered cyclic amide) rings is 1. The molecule has 1 saturated heterocycles. The average molecular weight is 393 g/mol. The van der Waals surface area contributed by atoms with Crippen molar-refractivity contribution in [3.63, 3.8) is 0 Å². The summed E-state index contributed by atoms with van der Waals surface area (Å²) in [6.45, 7) is 3.46. The van der Waals surface area contributed by atoms with Gasteiger partial charge in [-0.15, -0.1) is 0 Å². The summed E-state index contributed by atoms with van der Waals surface area (Å²) < 4.78 is 25.9. The Kier molecular flexibility index (Phi) is 6.86. The highest BCUT2D eigenvalue weighted by Crippen LogP contribution is 2.38. The maximum Gasteiger partial charge on any atom is 0.338 e. The number of carbonyl (C=O) groups is 3. The molecule has 0 unspecified atom stereocenters. The van der Waals surface area contributed by atoms with E-state index in [4.69, 9.17) is 23.7 Å². The minimum Gasteiger partial charge on any atom is -0.493 e. The van der Waals surface area contributed by atoms with Crippen LogP contribution in [0.4, 0.5) is 0 Å². The highest BCUT2D eigenvalue weighted by Gasteiger charge is 2.41. The Morgan fingerprint density at radius 1 is 1.14 bits per heavy atom. The van der Waals surface area contributed by atoms with E-state index in [0.29, 0.717) is 22.9 Å². The molecule has 1 heterocycles. The highest BCUT2D eigenvalue weighted by molar-refractivity contribution is 5.96. The van der Waals surface area contributed by atoms with Crippen LogP contribution in [-0.2, 0) is 19.1 Å². The number of ether oxygens (including phenoxy) is 5. The van der Waals surface area contributed by atoms with Crippen molar-refractivity contribution in [2.45, 2.75) is 20.0 Å². The molecule has 2 atom stereocenters. The van der Waals surface area contributed by atoms with Gasteiger partial charge in [0.15, 0.2) is 11.5 Å². The SMILES string of the molecule is CCOC(=O)/C=C1\NC(=O)[C@@H]1[C@@H](C)OC(=O)c1cc(OC)c(OC)c(OC)c1. The Hall–Kier alpha value is -3.23. The summed E-state index contributed by atoms with van der Waals surface area (Å²) >= 11 is 0. The van der Waals surface area contributed by atoms with Crippen molar-refractivity contribution >= 4 is 17.8 Å². The number of nitrogens with one attached hydrogen (secondary N) is 1. The Labute approximate surface area is 162 Å². The predicted octanol–water partition coefficient (Wildman–Crippen LogP) is 1.45.